The molecule has 0 fully saturated rings. The van der Waals surface area contributed by atoms with Crippen molar-refractivity contribution in [1.82, 2.24) is 4.90 Å². The van der Waals surface area contributed by atoms with Gasteiger partial charge in [-0.3, -0.25) is 4.79 Å². The van der Waals surface area contributed by atoms with Gasteiger partial charge in [-0.15, -0.1) is 0 Å². The third-order valence-electron chi connectivity index (χ3n) is 2.45. The van der Waals surface area contributed by atoms with Crippen LogP contribution in [0, 0.1) is 11.6 Å². The van der Waals surface area contributed by atoms with Gasteiger partial charge in [-0.2, -0.15) is 0 Å². The van der Waals surface area contributed by atoms with Gasteiger partial charge in [0.2, 0.25) is 0 Å². The number of nitrogens with zero attached hydrogens (tertiary/aromatic N) is 1. The van der Waals surface area contributed by atoms with Gasteiger partial charge in [0.25, 0.3) is 5.91 Å². The third kappa shape index (κ3) is 3.75. The largest absolute Gasteiger partial charge is 0.339 e. The summed E-state index contributed by atoms with van der Waals surface area (Å²) in [5, 5.41) is 0.738. The fourth-order valence-electron chi connectivity index (χ4n) is 1.56. The van der Waals surface area contributed by atoms with E-state index in [4.69, 9.17) is 0 Å². The minimum atomic E-state index is -0.843. The van der Waals surface area contributed by atoms with E-state index < -0.39 is 23.1 Å². The van der Waals surface area contributed by atoms with Gasteiger partial charge >= 0.3 is 0 Å². The van der Waals surface area contributed by atoms with Crippen LogP contribution in [-0.2, 0) is 0 Å². The summed E-state index contributed by atoms with van der Waals surface area (Å²) in [5.74, 6) is -2.30. The molecule has 1 aromatic rings. The van der Waals surface area contributed by atoms with Crippen molar-refractivity contribution in [3.05, 3.63) is 33.8 Å². The van der Waals surface area contributed by atoms with E-state index in [9.17, 15) is 13.6 Å². The molecule has 1 amide bonds. The molecule has 0 unspecified atom stereocenters. The third-order valence-corrected chi connectivity index (χ3v) is 3.47. The van der Waals surface area contributed by atoms with E-state index in [2.05, 4.69) is 31.9 Å². The predicted molar refractivity (Wildman–Crippen MR) is 74.0 cm³/mol. The summed E-state index contributed by atoms with van der Waals surface area (Å²) < 4.78 is 27.6. The molecule has 1 aromatic carbocycles. The monoisotopic (exact) mass is 383 g/mol. The molecule has 100 valence electrons. The number of benzene rings is 1. The topological polar surface area (TPSA) is 20.3 Å². The van der Waals surface area contributed by atoms with Gasteiger partial charge in [0.05, 0.1) is 0 Å². The van der Waals surface area contributed by atoms with Crippen LogP contribution >= 0.6 is 31.9 Å². The number of hydrogen-bond acceptors (Lipinski definition) is 1. The van der Waals surface area contributed by atoms with Crippen molar-refractivity contribution < 1.29 is 13.6 Å². The minimum Gasteiger partial charge on any atom is -0.339 e. The molecule has 0 aromatic heterocycles. The second kappa shape index (κ2) is 7.19. The zero-order valence-electron chi connectivity index (χ0n) is 9.85. The Morgan fingerprint density at radius 3 is 2.33 bits per heavy atom. The summed E-state index contributed by atoms with van der Waals surface area (Å²) in [5.41, 5.74) is -0.491. The van der Waals surface area contributed by atoms with Crippen molar-refractivity contribution >= 4 is 37.8 Å². The second-order valence-corrected chi connectivity index (χ2v) is 5.38. The predicted octanol–water partition coefficient (Wildman–Crippen LogP) is 3.97. The van der Waals surface area contributed by atoms with Gasteiger partial charge in [0, 0.05) is 22.9 Å². The maximum atomic E-state index is 13.7. The van der Waals surface area contributed by atoms with Crippen molar-refractivity contribution in [3.63, 3.8) is 0 Å². The van der Waals surface area contributed by atoms with Gasteiger partial charge < -0.3 is 4.90 Å². The fourth-order valence-corrected chi connectivity index (χ4v) is 2.21. The fraction of sp³-hybridized carbons (Fsp3) is 0.417. The van der Waals surface area contributed by atoms with Crippen LogP contribution in [-0.4, -0.2) is 29.2 Å². The van der Waals surface area contributed by atoms with Crippen LogP contribution in [0.3, 0.4) is 0 Å². The molecule has 0 aliphatic heterocycles. The molecule has 0 saturated carbocycles. The SMILES string of the molecule is CCN(CCCBr)C(=O)c1c(F)cc(Br)cc1F. The van der Waals surface area contributed by atoms with Crippen LogP contribution in [0.15, 0.2) is 16.6 Å². The minimum absolute atomic E-state index is 0.276. The van der Waals surface area contributed by atoms with Crippen molar-refractivity contribution in [3.8, 4) is 0 Å². The number of amides is 1. The molecule has 0 aliphatic carbocycles. The van der Waals surface area contributed by atoms with E-state index in [0.717, 1.165) is 23.9 Å². The van der Waals surface area contributed by atoms with Gasteiger partial charge in [0.15, 0.2) is 0 Å². The number of hydrogen-bond donors (Lipinski definition) is 0. The maximum absolute atomic E-state index is 13.7. The number of rotatable bonds is 5. The Kier molecular flexibility index (Phi) is 6.21. The van der Waals surface area contributed by atoms with E-state index in [-0.39, 0.29) is 4.47 Å². The van der Waals surface area contributed by atoms with Crippen molar-refractivity contribution in [2.75, 3.05) is 18.4 Å². The number of alkyl halides is 1. The van der Waals surface area contributed by atoms with Crippen molar-refractivity contribution in [2.24, 2.45) is 0 Å². The Morgan fingerprint density at radius 1 is 1.33 bits per heavy atom. The highest BCUT2D eigenvalue weighted by molar-refractivity contribution is 9.10. The lowest BCUT2D eigenvalue weighted by Crippen LogP contribution is -2.33. The molecule has 0 atom stereocenters. The van der Waals surface area contributed by atoms with Gasteiger partial charge in [-0.25, -0.2) is 8.78 Å². The number of halogens is 4. The molecule has 0 heterocycles. The van der Waals surface area contributed by atoms with E-state index in [1.165, 1.54) is 4.90 Å². The van der Waals surface area contributed by atoms with E-state index >= 15 is 0 Å². The summed E-state index contributed by atoms with van der Waals surface area (Å²) in [7, 11) is 0. The second-order valence-electron chi connectivity index (χ2n) is 3.67. The molecule has 1 rings (SSSR count). The molecule has 2 nitrogen and oxygen atoms in total. The first-order valence-electron chi connectivity index (χ1n) is 5.51. The summed E-state index contributed by atoms with van der Waals surface area (Å²) >= 11 is 6.24. The molecule has 6 heteroatoms. The average Bonchev–Trinajstić information content (AvgIpc) is 2.28. The first-order chi connectivity index (χ1) is 8.51. The lowest BCUT2D eigenvalue weighted by atomic mass is 10.1. The molecule has 0 aliphatic rings. The zero-order valence-corrected chi connectivity index (χ0v) is 13.0. The van der Waals surface area contributed by atoms with Crippen molar-refractivity contribution in [2.45, 2.75) is 13.3 Å². The van der Waals surface area contributed by atoms with Crippen molar-refractivity contribution in [1.29, 1.82) is 0 Å². The Bertz CT molecular complexity index is 417. The smallest absolute Gasteiger partial charge is 0.259 e. The zero-order chi connectivity index (χ0) is 13.7. The number of carbonyl (C=O) groups is 1. The number of carbonyl (C=O) groups excluding carboxylic acids is 1. The lowest BCUT2D eigenvalue weighted by Gasteiger charge is -2.21. The van der Waals surface area contributed by atoms with Gasteiger partial charge in [0.1, 0.15) is 17.2 Å². The normalized spacial score (nSPS) is 10.5. The summed E-state index contributed by atoms with van der Waals surface area (Å²) in [4.78, 5) is 13.5. The molecule has 18 heavy (non-hydrogen) atoms. The summed E-state index contributed by atoms with van der Waals surface area (Å²) in [6, 6.07) is 2.18. The quantitative estimate of drug-likeness (QED) is 0.703. The van der Waals surface area contributed by atoms with Crippen LogP contribution in [0.2, 0.25) is 0 Å². The molecule has 0 bridgehead atoms. The van der Waals surface area contributed by atoms with E-state index in [1.54, 1.807) is 6.92 Å². The summed E-state index contributed by atoms with van der Waals surface area (Å²) in [6.07, 6.45) is 0.735. The van der Waals surface area contributed by atoms with Crippen LogP contribution in [0.1, 0.15) is 23.7 Å². The summed E-state index contributed by atoms with van der Waals surface area (Å²) in [6.45, 7) is 2.66. The van der Waals surface area contributed by atoms with E-state index in [1.807, 2.05) is 0 Å². The van der Waals surface area contributed by atoms with E-state index in [0.29, 0.717) is 13.1 Å². The molecular formula is C12H13Br2F2NO. The van der Waals surface area contributed by atoms with Gasteiger partial charge in [-0.1, -0.05) is 31.9 Å². The molecule has 0 spiro atoms. The highest BCUT2D eigenvalue weighted by Crippen LogP contribution is 2.21. The Labute approximate surface area is 122 Å². The molecule has 0 radical (unpaired) electrons. The molecule has 0 saturated heterocycles. The first-order valence-corrected chi connectivity index (χ1v) is 7.42. The Morgan fingerprint density at radius 2 is 1.89 bits per heavy atom. The van der Waals surface area contributed by atoms with Crippen LogP contribution in [0.25, 0.3) is 0 Å². The van der Waals surface area contributed by atoms with Gasteiger partial charge in [-0.05, 0) is 25.5 Å². The maximum Gasteiger partial charge on any atom is 0.259 e. The lowest BCUT2D eigenvalue weighted by molar-refractivity contribution is 0.0755. The van der Waals surface area contributed by atoms with Crippen LogP contribution < -0.4 is 0 Å². The first kappa shape index (κ1) is 15.6. The van der Waals surface area contributed by atoms with Crippen LogP contribution in [0.4, 0.5) is 8.78 Å². The van der Waals surface area contributed by atoms with Crippen LogP contribution in [0.5, 0.6) is 0 Å². The highest BCUT2D eigenvalue weighted by atomic mass is 79.9. The highest BCUT2D eigenvalue weighted by Gasteiger charge is 2.22. The molecular weight excluding hydrogens is 372 g/mol. The standard InChI is InChI=1S/C12H13Br2F2NO/c1-2-17(5-3-4-13)12(18)11-9(15)6-8(14)7-10(11)16/h6-7H,2-5H2,1H3. The Hall–Kier alpha value is -0.490. The Balaban J connectivity index is 3.01. The average molecular weight is 385 g/mol. The molecule has 0 N–H and O–H groups in total.